The SMILES string of the molecule is Cc1ccccc1-n1nnnc1SC(C(=O)Nc1ccc(Cl)c([N+](=O)[O-])c1)c1ccccc1. The van der Waals surface area contributed by atoms with E-state index in [9.17, 15) is 14.9 Å². The van der Waals surface area contributed by atoms with Crippen molar-refractivity contribution < 1.29 is 9.72 Å². The van der Waals surface area contributed by atoms with Crippen molar-refractivity contribution in [3.63, 3.8) is 0 Å². The molecule has 0 aliphatic carbocycles. The van der Waals surface area contributed by atoms with Gasteiger partial charge in [0, 0.05) is 11.8 Å². The van der Waals surface area contributed by atoms with Gasteiger partial charge in [-0.25, -0.2) is 0 Å². The van der Waals surface area contributed by atoms with Crippen molar-refractivity contribution >= 4 is 40.6 Å². The molecule has 166 valence electrons. The molecule has 4 aromatic rings. The molecule has 3 aromatic carbocycles. The Bertz CT molecular complexity index is 1310. The minimum atomic E-state index is -0.727. The summed E-state index contributed by atoms with van der Waals surface area (Å²) in [4.78, 5) is 23.9. The van der Waals surface area contributed by atoms with Gasteiger partial charge in [0.25, 0.3) is 5.69 Å². The summed E-state index contributed by atoms with van der Waals surface area (Å²) in [5.41, 5.74) is 2.46. The summed E-state index contributed by atoms with van der Waals surface area (Å²) in [5, 5.41) is 25.6. The van der Waals surface area contributed by atoms with Crippen LogP contribution in [0.2, 0.25) is 5.02 Å². The molecule has 0 spiro atoms. The molecule has 1 unspecified atom stereocenters. The Morgan fingerprint density at radius 1 is 1.12 bits per heavy atom. The van der Waals surface area contributed by atoms with Gasteiger partial charge in [0.2, 0.25) is 11.1 Å². The zero-order valence-electron chi connectivity index (χ0n) is 17.3. The average Bonchev–Trinajstić information content (AvgIpc) is 3.27. The Hall–Kier alpha value is -3.76. The van der Waals surface area contributed by atoms with Crippen LogP contribution in [-0.2, 0) is 4.79 Å². The summed E-state index contributed by atoms with van der Waals surface area (Å²) in [7, 11) is 0. The van der Waals surface area contributed by atoms with Crippen LogP contribution in [0.15, 0.2) is 78.0 Å². The van der Waals surface area contributed by atoms with Gasteiger partial charge in [-0.2, -0.15) is 4.68 Å². The first-order valence-electron chi connectivity index (χ1n) is 9.75. The number of thioether (sulfide) groups is 1. The van der Waals surface area contributed by atoms with E-state index in [-0.39, 0.29) is 22.3 Å². The molecule has 0 fully saturated rings. The number of benzene rings is 3. The van der Waals surface area contributed by atoms with Gasteiger partial charge in [-0.3, -0.25) is 14.9 Å². The number of anilines is 1. The molecule has 0 radical (unpaired) electrons. The molecular weight excluding hydrogens is 464 g/mol. The second-order valence-corrected chi connectivity index (χ2v) is 8.46. The molecule has 0 aliphatic heterocycles. The summed E-state index contributed by atoms with van der Waals surface area (Å²) >= 11 is 7.06. The van der Waals surface area contributed by atoms with Crippen molar-refractivity contribution in [1.82, 2.24) is 20.2 Å². The number of nitro benzene ring substituents is 1. The van der Waals surface area contributed by atoms with Crippen LogP contribution in [0.4, 0.5) is 11.4 Å². The van der Waals surface area contributed by atoms with E-state index >= 15 is 0 Å². The highest BCUT2D eigenvalue weighted by Gasteiger charge is 2.26. The molecule has 4 rings (SSSR count). The minimum absolute atomic E-state index is 0.00982. The van der Waals surface area contributed by atoms with Crippen molar-refractivity contribution in [1.29, 1.82) is 0 Å². The highest BCUT2D eigenvalue weighted by molar-refractivity contribution is 8.00. The van der Waals surface area contributed by atoms with Crippen molar-refractivity contribution in [2.75, 3.05) is 5.32 Å². The lowest BCUT2D eigenvalue weighted by Gasteiger charge is -2.17. The van der Waals surface area contributed by atoms with Crippen LogP contribution in [-0.4, -0.2) is 31.0 Å². The van der Waals surface area contributed by atoms with Crippen LogP contribution >= 0.6 is 23.4 Å². The van der Waals surface area contributed by atoms with Crippen molar-refractivity contribution in [3.05, 3.63) is 99.1 Å². The quantitative estimate of drug-likeness (QED) is 0.224. The number of para-hydroxylation sites is 1. The number of rotatable bonds is 7. The highest BCUT2D eigenvalue weighted by Crippen LogP contribution is 2.36. The number of hydrogen-bond acceptors (Lipinski definition) is 7. The minimum Gasteiger partial charge on any atom is -0.325 e. The van der Waals surface area contributed by atoms with Crippen LogP contribution in [0.25, 0.3) is 5.69 Å². The van der Waals surface area contributed by atoms with Crippen LogP contribution < -0.4 is 5.32 Å². The van der Waals surface area contributed by atoms with Gasteiger partial charge < -0.3 is 5.32 Å². The molecule has 1 atom stereocenters. The number of nitrogens with zero attached hydrogens (tertiary/aromatic N) is 5. The molecule has 1 N–H and O–H groups in total. The molecule has 1 heterocycles. The first kappa shape index (κ1) is 22.4. The molecular formula is C22H17ClN6O3S. The third kappa shape index (κ3) is 5.02. The second-order valence-electron chi connectivity index (χ2n) is 6.98. The van der Waals surface area contributed by atoms with Gasteiger partial charge in [0.15, 0.2) is 0 Å². The molecule has 1 amide bonds. The Balaban J connectivity index is 1.66. The van der Waals surface area contributed by atoms with Gasteiger partial charge in [-0.15, -0.1) is 5.10 Å². The summed E-state index contributed by atoms with van der Waals surface area (Å²) in [6.07, 6.45) is 0. The van der Waals surface area contributed by atoms with E-state index in [1.165, 1.54) is 30.0 Å². The molecule has 0 saturated heterocycles. The molecule has 33 heavy (non-hydrogen) atoms. The topological polar surface area (TPSA) is 116 Å². The van der Waals surface area contributed by atoms with Crippen molar-refractivity contribution in [3.8, 4) is 5.69 Å². The van der Waals surface area contributed by atoms with E-state index in [2.05, 4.69) is 20.8 Å². The van der Waals surface area contributed by atoms with Crippen molar-refractivity contribution in [2.45, 2.75) is 17.3 Å². The summed E-state index contributed by atoms with van der Waals surface area (Å²) in [6, 6.07) is 20.9. The van der Waals surface area contributed by atoms with Crippen LogP contribution in [0.3, 0.4) is 0 Å². The second kappa shape index (κ2) is 9.80. The maximum absolute atomic E-state index is 13.3. The molecule has 1 aromatic heterocycles. The maximum atomic E-state index is 13.3. The molecule has 0 aliphatic rings. The summed E-state index contributed by atoms with van der Waals surface area (Å²) < 4.78 is 1.58. The third-order valence-electron chi connectivity index (χ3n) is 4.76. The zero-order valence-corrected chi connectivity index (χ0v) is 18.8. The molecule has 0 saturated carbocycles. The largest absolute Gasteiger partial charge is 0.325 e. The van der Waals surface area contributed by atoms with E-state index in [1.807, 2.05) is 61.5 Å². The number of tetrazole rings is 1. The number of carbonyl (C=O) groups excluding carboxylic acids is 1. The van der Waals surface area contributed by atoms with Gasteiger partial charge >= 0.3 is 0 Å². The first-order valence-corrected chi connectivity index (χ1v) is 11.0. The predicted octanol–water partition coefficient (Wildman–Crippen LogP) is 5.00. The Morgan fingerprint density at radius 2 is 1.85 bits per heavy atom. The Kier molecular flexibility index (Phi) is 6.66. The van der Waals surface area contributed by atoms with E-state index in [1.54, 1.807) is 4.68 Å². The lowest BCUT2D eigenvalue weighted by molar-refractivity contribution is -0.384. The number of nitrogens with one attached hydrogen (secondary N) is 1. The number of amides is 1. The highest BCUT2D eigenvalue weighted by atomic mass is 35.5. The Morgan fingerprint density at radius 3 is 2.58 bits per heavy atom. The van der Waals surface area contributed by atoms with Gasteiger partial charge in [0.05, 0.1) is 10.6 Å². The van der Waals surface area contributed by atoms with Gasteiger partial charge in [-0.1, -0.05) is 71.9 Å². The normalized spacial score (nSPS) is 11.7. The fraction of sp³-hybridized carbons (Fsp3) is 0.0909. The fourth-order valence-electron chi connectivity index (χ4n) is 3.15. The lowest BCUT2D eigenvalue weighted by atomic mass is 10.1. The van der Waals surface area contributed by atoms with E-state index in [0.29, 0.717) is 5.16 Å². The third-order valence-corrected chi connectivity index (χ3v) is 6.27. The number of carbonyl (C=O) groups is 1. The van der Waals surface area contributed by atoms with Crippen LogP contribution in [0.5, 0.6) is 0 Å². The number of halogens is 1. The smallest absolute Gasteiger partial charge is 0.289 e. The maximum Gasteiger partial charge on any atom is 0.289 e. The molecule has 0 bridgehead atoms. The number of aryl methyl sites for hydroxylation is 1. The zero-order chi connectivity index (χ0) is 23.4. The van der Waals surface area contributed by atoms with E-state index < -0.39 is 10.2 Å². The number of nitro groups is 1. The van der Waals surface area contributed by atoms with E-state index in [4.69, 9.17) is 11.6 Å². The molecule has 11 heteroatoms. The number of aromatic nitrogens is 4. The van der Waals surface area contributed by atoms with Crippen LogP contribution in [0.1, 0.15) is 16.4 Å². The van der Waals surface area contributed by atoms with E-state index in [0.717, 1.165) is 16.8 Å². The van der Waals surface area contributed by atoms with Gasteiger partial charge in [0.1, 0.15) is 10.3 Å². The molecule has 9 nitrogen and oxygen atoms in total. The van der Waals surface area contributed by atoms with Gasteiger partial charge in [-0.05, 0) is 46.7 Å². The van der Waals surface area contributed by atoms with Crippen molar-refractivity contribution in [2.24, 2.45) is 0 Å². The van der Waals surface area contributed by atoms with Crippen LogP contribution in [0, 0.1) is 17.0 Å². The Labute approximate surface area is 197 Å². The predicted molar refractivity (Wildman–Crippen MR) is 126 cm³/mol. The average molecular weight is 481 g/mol. The fourth-order valence-corrected chi connectivity index (χ4v) is 4.32. The standard InChI is InChI=1S/C22H17ClN6O3S/c1-14-7-5-6-10-18(14)28-22(25-26-27-28)33-20(15-8-3-2-4-9-15)21(30)24-16-11-12-17(23)19(13-16)29(31)32/h2-13,20H,1H3,(H,24,30). The lowest BCUT2D eigenvalue weighted by Crippen LogP contribution is -2.19. The number of hydrogen-bond donors (Lipinski definition) is 1. The monoisotopic (exact) mass is 480 g/mol. The first-order chi connectivity index (χ1) is 15.9. The summed E-state index contributed by atoms with van der Waals surface area (Å²) in [5.74, 6) is -0.387. The summed E-state index contributed by atoms with van der Waals surface area (Å²) in [6.45, 7) is 1.94.